The van der Waals surface area contributed by atoms with Crippen molar-refractivity contribution in [1.29, 1.82) is 0 Å². The molecule has 0 amide bonds. The van der Waals surface area contributed by atoms with Gasteiger partial charge in [-0.25, -0.2) is 0 Å². The van der Waals surface area contributed by atoms with Crippen LogP contribution in [0.4, 0.5) is 0 Å². The van der Waals surface area contributed by atoms with Gasteiger partial charge in [-0.15, -0.1) is 0 Å². The van der Waals surface area contributed by atoms with Crippen LogP contribution in [0.3, 0.4) is 0 Å². The molecule has 0 aliphatic carbocycles. The van der Waals surface area contributed by atoms with Crippen molar-refractivity contribution in [3.63, 3.8) is 0 Å². The fraction of sp³-hybridized carbons (Fsp3) is 0.268. The number of hydrogen-bond acceptors (Lipinski definition) is 6. The summed E-state index contributed by atoms with van der Waals surface area (Å²) < 4.78 is 40.7. The van der Waals surface area contributed by atoms with Gasteiger partial charge in [0.05, 0.1) is 39.6 Å². The van der Waals surface area contributed by atoms with Gasteiger partial charge in [0.1, 0.15) is 24.4 Å². The number of rotatable bonds is 13. The van der Waals surface area contributed by atoms with Gasteiger partial charge in [0.2, 0.25) is 5.79 Å². The van der Waals surface area contributed by atoms with E-state index in [-0.39, 0.29) is 6.61 Å². The molecule has 1 saturated heterocycles. The Kier molecular flexibility index (Phi) is 10.2. The third-order valence-corrected chi connectivity index (χ3v) is 8.76. The predicted octanol–water partition coefficient (Wildman–Crippen LogP) is 7.74. The Hall–Kier alpha value is -4.14. The van der Waals surface area contributed by atoms with Crippen LogP contribution >= 0.6 is 0 Å². The lowest BCUT2D eigenvalue weighted by Crippen LogP contribution is -2.65. The maximum absolute atomic E-state index is 7.11. The summed E-state index contributed by atoms with van der Waals surface area (Å²) in [6.45, 7) is 2.23. The first-order chi connectivity index (χ1) is 23.3. The molecule has 47 heavy (non-hydrogen) atoms. The molecular formula is C41H40O6. The molecule has 1 spiro atoms. The lowest BCUT2D eigenvalue weighted by Gasteiger charge is -2.51. The summed E-state index contributed by atoms with van der Waals surface area (Å²) in [5.74, 6) is -1.22. The Morgan fingerprint density at radius 3 is 1.55 bits per heavy atom. The summed E-state index contributed by atoms with van der Waals surface area (Å²) >= 11 is 0. The van der Waals surface area contributed by atoms with Crippen LogP contribution in [-0.2, 0) is 67.2 Å². The number of hydrogen-bond donors (Lipinski definition) is 0. The Labute approximate surface area is 276 Å². The van der Waals surface area contributed by atoms with Crippen molar-refractivity contribution in [2.75, 3.05) is 6.61 Å². The first-order valence-electron chi connectivity index (χ1n) is 16.3. The molecule has 0 unspecified atom stereocenters. The summed E-state index contributed by atoms with van der Waals surface area (Å²) in [5.41, 5.74) is 6.26. The van der Waals surface area contributed by atoms with Crippen LogP contribution in [0.15, 0.2) is 146 Å². The number of ether oxygens (including phenoxy) is 6. The van der Waals surface area contributed by atoms with E-state index in [1.807, 2.05) is 84.9 Å². The lowest BCUT2D eigenvalue weighted by atomic mass is 9.87. The molecule has 6 heteroatoms. The Morgan fingerprint density at radius 1 is 0.511 bits per heavy atom. The van der Waals surface area contributed by atoms with E-state index in [2.05, 4.69) is 60.7 Å². The molecule has 1 fully saturated rings. The average molecular weight is 629 g/mol. The second-order valence-electron chi connectivity index (χ2n) is 12.0. The fourth-order valence-electron chi connectivity index (χ4n) is 6.42. The van der Waals surface area contributed by atoms with Gasteiger partial charge in [-0.05, 0) is 27.8 Å². The van der Waals surface area contributed by atoms with Crippen LogP contribution < -0.4 is 0 Å². The molecule has 5 aromatic rings. The molecule has 2 aliphatic heterocycles. The Bertz CT molecular complexity index is 1670. The van der Waals surface area contributed by atoms with Crippen molar-refractivity contribution in [2.45, 2.75) is 63.2 Å². The fourth-order valence-corrected chi connectivity index (χ4v) is 6.42. The van der Waals surface area contributed by atoms with Crippen molar-refractivity contribution in [3.05, 3.63) is 179 Å². The molecule has 6 nitrogen and oxygen atoms in total. The lowest BCUT2D eigenvalue weighted by molar-refractivity contribution is -0.387. The van der Waals surface area contributed by atoms with E-state index >= 15 is 0 Å². The van der Waals surface area contributed by atoms with Gasteiger partial charge < -0.3 is 28.4 Å². The maximum Gasteiger partial charge on any atom is 0.225 e. The largest absolute Gasteiger partial charge is 0.374 e. The topological polar surface area (TPSA) is 55.4 Å². The van der Waals surface area contributed by atoms with Crippen LogP contribution in [0.5, 0.6) is 0 Å². The van der Waals surface area contributed by atoms with E-state index in [1.165, 1.54) is 0 Å². The molecule has 2 heterocycles. The predicted molar refractivity (Wildman–Crippen MR) is 179 cm³/mol. The van der Waals surface area contributed by atoms with Gasteiger partial charge in [0.25, 0.3) is 0 Å². The molecule has 240 valence electrons. The van der Waals surface area contributed by atoms with Gasteiger partial charge in [0.15, 0.2) is 0 Å². The van der Waals surface area contributed by atoms with Crippen LogP contribution in [-0.4, -0.2) is 31.0 Å². The third kappa shape index (κ3) is 7.39. The standard InChI is InChI=1S/C41H40O6/c1-5-15-31(16-6-1)25-42-30-37-38(43-26-32-17-7-2-8-18-32)39(44-27-33-19-9-3-10-20-33)40(45-28-34-21-11-4-12-22-34)41(47-37)36-24-14-13-23-35(36)29-46-41/h1-24,37-40H,25-30H2/t37-,38-,39+,40-,41+/m1/s1. The summed E-state index contributed by atoms with van der Waals surface area (Å²) in [5, 5.41) is 0. The molecule has 0 radical (unpaired) electrons. The summed E-state index contributed by atoms with van der Waals surface area (Å²) in [6, 6.07) is 48.9. The maximum atomic E-state index is 7.11. The van der Waals surface area contributed by atoms with E-state index in [0.717, 1.165) is 33.4 Å². The minimum atomic E-state index is -1.22. The van der Waals surface area contributed by atoms with Crippen molar-refractivity contribution in [1.82, 2.24) is 0 Å². The van der Waals surface area contributed by atoms with Gasteiger partial charge >= 0.3 is 0 Å². The Balaban J connectivity index is 1.26. The average Bonchev–Trinajstić information content (AvgIpc) is 3.50. The highest BCUT2D eigenvalue weighted by Gasteiger charge is 2.61. The molecule has 7 rings (SSSR count). The molecule has 0 N–H and O–H groups in total. The van der Waals surface area contributed by atoms with Gasteiger partial charge in [-0.1, -0.05) is 146 Å². The highest BCUT2D eigenvalue weighted by atomic mass is 16.7. The second-order valence-corrected chi connectivity index (χ2v) is 12.0. The molecule has 5 aromatic carbocycles. The van der Waals surface area contributed by atoms with Crippen LogP contribution in [0.2, 0.25) is 0 Å². The molecule has 0 saturated carbocycles. The van der Waals surface area contributed by atoms with E-state index in [9.17, 15) is 0 Å². The normalized spacial score (nSPS) is 23.5. The molecule has 0 aromatic heterocycles. The first-order valence-corrected chi connectivity index (χ1v) is 16.3. The zero-order valence-electron chi connectivity index (χ0n) is 26.4. The smallest absolute Gasteiger partial charge is 0.225 e. The summed E-state index contributed by atoms with van der Waals surface area (Å²) in [7, 11) is 0. The van der Waals surface area contributed by atoms with Crippen molar-refractivity contribution in [3.8, 4) is 0 Å². The molecule has 2 aliphatic rings. The quantitative estimate of drug-likeness (QED) is 0.133. The number of benzene rings is 5. The molecule has 0 bridgehead atoms. The van der Waals surface area contributed by atoms with Crippen LogP contribution in [0, 0.1) is 0 Å². The SMILES string of the molecule is c1ccc(COC[C@H]2O[C@]3(OCc4ccccc43)[C@H](OCc3ccccc3)[C@@H](OCc3ccccc3)[C@@H]2OCc2ccccc2)cc1. The zero-order valence-corrected chi connectivity index (χ0v) is 26.4. The van der Waals surface area contributed by atoms with Crippen LogP contribution in [0.25, 0.3) is 0 Å². The minimum absolute atomic E-state index is 0.276. The van der Waals surface area contributed by atoms with Crippen molar-refractivity contribution >= 4 is 0 Å². The van der Waals surface area contributed by atoms with Crippen LogP contribution in [0.1, 0.15) is 33.4 Å². The van der Waals surface area contributed by atoms with E-state index in [1.54, 1.807) is 0 Å². The zero-order chi connectivity index (χ0) is 31.7. The minimum Gasteiger partial charge on any atom is -0.374 e. The highest BCUT2D eigenvalue weighted by Crippen LogP contribution is 2.49. The first kappa shape index (κ1) is 31.5. The van der Waals surface area contributed by atoms with Gasteiger partial charge in [-0.2, -0.15) is 0 Å². The van der Waals surface area contributed by atoms with E-state index in [0.29, 0.717) is 33.0 Å². The van der Waals surface area contributed by atoms with E-state index < -0.39 is 30.2 Å². The van der Waals surface area contributed by atoms with E-state index in [4.69, 9.17) is 28.4 Å². The molecule has 5 atom stereocenters. The van der Waals surface area contributed by atoms with Crippen molar-refractivity contribution < 1.29 is 28.4 Å². The Morgan fingerprint density at radius 2 is 0.979 bits per heavy atom. The number of fused-ring (bicyclic) bond motifs is 2. The second kappa shape index (κ2) is 15.2. The van der Waals surface area contributed by atoms with Crippen molar-refractivity contribution in [2.24, 2.45) is 0 Å². The third-order valence-electron chi connectivity index (χ3n) is 8.76. The highest BCUT2D eigenvalue weighted by molar-refractivity contribution is 5.36. The van der Waals surface area contributed by atoms with Gasteiger partial charge in [-0.3, -0.25) is 0 Å². The van der Waals surface area contributed by atoms with Gasteiger partial charge in [0, 0.05) is 5.56 Å². The summed E-state index contributed by atoms with van der Waals surface area (Å²) in [4.78, 5) is 0. The molecular weight excluding hydrogens is 588 g/mol. The monoisotopic (exact) mass is 628 g/mol. The summed E-state index contributed by atoms with van der Waals surface area (Å²) in [6.07, 6.45) is -2.27.